The summed E-state index contributed by atoms with van der Waals surface area (Å²) in [7, 11) is -1.50. The zero-order valence-electron chi connectivity index (χ0n) is 13.7. The molecule has 4 heteroatoms. The molecule has 0 radical (unpaired) electrons. The highest BCUT2D eigenvalue weighted by Gasteiger charge is 2.23. The quantitative estimate of drug-likeness (QED) is 0.722. The van der Waals surface area contributed by atoms with Crippen molar-refractivity contribution in [3.63, 3.8) is 0 Å². The van der Waals surface area contributed by atoms with Crippen LogP contribution in [-0.4, -0.2) is 52.2 Å². The van der Waals surface area contributed by atoms with Crippen LogP contribution in [0.3, 0.4) is 0 Å². The van der Waals surface area contributed by atoms with Crippen molar-refractivity contribution >= 4 is 8.32 Å². The molecule has 118 valence electrons. The van der Waals surface area contributed by atoms with Crippen LogP contribution in [0.25, 0.3) is 0 Å². The van der Waals surface area contributed by atoms with Crippen molar-refractivity contribution in [2.24, 2.45) is 0 Å². The summed E-state index contributed by atoms with van der Waals surface area (Å²) in [5, 5.41) is 0. The number of hydrogen-bond donors (Lipinski definition) is 0. The Morgan fingerprint density at radius 2 is 1.81 bits per heavy atom. The standard InChI is InChI=1S/C17H29NO2Si/c1-21(2,3)20-17(15-18-11-13-19-14-12-18)10-9-16-7-5-4-6-8-16/h4-8,17H,9-15H2,1-3H3. The Morgan fingerprint density at radius 3 is 2.43 bits per heavy atom. The van der Waals surface area contributed by atoms with Crippen molar-refractivity contribution in [1.29, 1.82) is 0 Å². The average Bonchev–Trinajstić information content (AvgIpc) is 2.45. The maximum absolute atomic E-state index is 6.42. The van der Waals surface area contributed by atoms with Gasteiger partial charge in [0, 0.05) is 19.6 Å². The van der Waals surface area contributed by atoms with Gasteiger partial charge in [-0.3, -0.25) is 4.90 Å². The Hall–Kier alpha value is -0.683. The Kier molecular flexibility index (Phi) is 6.42. The van der Waals surface area contributed by atoms with Crippen LogP contribution >= 0.6 is 0 Å². The van der Waals surface area contributed by atoms with Gasteiger partial charge in [-0.05, 0) is 38.0 Å². The summed E-state index contributed by atoms with van der Waals surface area (Å²) in [4.78, 5) is 2.49. The topological polar surface area (TPSA) is 21.7 Å². The number of hydrogen-bond acceptors (Lipinski definition) is 3. The third kappa shape index (κ3) is 6.74. The first-order valence-corrected chi connectivity index (χ1v) is 11.5. The van der Waals surface area contributed by atoms with Gasteiger partial charge in [0.2, 0.25) is 0 Å². The van der Waals surface area contributed by atoms with Gasteiger partial charge >= 0.3 is 0 Å². The van der Waals surface area contributed by atoms with Gasteiger partial charge in [-0.2, -0.15) is 0 Å². The fraction of sp³-hybridized carbons (Fsp3) is 0.647. The highest BCUT2D eigenvalue weighted by atomic mass is 28.4. The summed E-state index contributed by atoms with van der Waals surface area (Å²) in [6.07, 6.45) is 2.54. The second kappa shape index (κ2) is 8.08. The second-order valence-corrected chi connectivity index (χ2v) is 11.2. The third-order valence-corrected chi connectivity index (χ3v) is 4.72. The first kappa shape index (κ1) is 16.7. The first-order chi connectivity index (χ1) is 10.0. The molecule has 0 spiro atoms. The molecule has 1 atom stereocenters. The van der Waals surface area contributed by atoms with Crippen LogP contribution in [0.5, 0.6) is 0 Å². The molecule has 2 rings (SSSR count). The molecule has 0 aliphatic carbocycles. The van der Waals surface area contributed by atoms with E-state index in [0.29, 0.717) is 6.10 Å². The van der Waals surface area contributed by atoms with E-state index in [0.717, 1.165) is 45.7 Å². The molecule has 0 saturated carbocycles. The molecule has 0 amide bonds. The Balaban J connectivity index is 1.88. The molecule has 0 aromatic heterocycles. The minimum atomic E-state index is -1.50. The van der Waals surface area contributed by atoms with E-state index in [9.17, 15) is 0 Å². The molecule has 1 heterocycles. The molecular weight excluding hydrogens is 278 g/mol. The van der Waals surface area contributed by atoms with E-state index in [-0.39, 0.29) is 0 Å². The number of benzene rings is 1. The maximum atomic E-state index is 6.42. The van der Waals surface area contributed by atoms with Gasteiger partial charge in [0.15, 0.2) is 8.32 Å². The third-order valence-electron chi connectivity index (χ3n) is 3.68. The van der Waals surface area contributed by atoms with Crippen molar-refractivity contribution in [3.8, 4) is 0 Å². The zero-order chi connectivity index (χ0) is 15.1. The molecule has 1 aliphatic heterocycles. The lowest BCUT2D eigenvalue weighted by molar-refractivity contribution is 0.0168. The van der Waals surface area contributed by atoms with Crippen LogP contribution in [0.2, 0.25) is 19.6 Å². The molecule has 1 aromatic rings. The average molecular weight is 308 g/mol. The number of nitrogens with zero attached hydrogens (tertiary/aromatic N) is 1. The number of rotatable bonds is 7. The van der Waals surface area contributed by atoms with Crippen LogP contribution in [0.4, 0.5) is 0 Å². The van der Waals surface area contributed by atoms with Crippen LogP contribution in [0.15, 0.2) is 30.3 Å². The lowest BCUT2D eigenvalue weighted by Crippen LogP contribution is -2.44. The highest BCUT2D eigenvalue weighted by Crippen LogP contribution is 2.15. The van der Waals surface area contributed by atoms with Gasteiger partial charge in [0.1, 0.15) is 0 Å². The van der Waals surface area contributed by atoms with Gasteiger partial charge < -0.3 is 9.16 Å². The summed E-state index contributed by atoms with van der Waals surface area (Å²) >= 11 is 0. The SMILES string of the molecule is C[Si](C)(C)OC(CCc1ccccc1)CN1CCOCC1. The van der Waals surface area contributed by atoms with Crippen LogP contribution in [-0.2, 0) is 15.6 Å². The Morgan fingerprint density at radius 1 is 1.14 bits per heavy atom. The first-order valence-electron chi connectivity index (χ1n) is 8.05. The van der Waals surface area contributed by atoms with Crippen molar-refractivity contribution in [2.45, 2.75) is 38.6 Å². The number of ether oxygens (including phenoxy) is 1. The van der Waals surface area contributed by atoms with E-state index in [1.54, 1.807) is 0 Å². The summed E-state index contributed by atoms with van der Waals surface area (Å²) in [6, 6.07) is 10.7. The van der Waals surface area contributed by atoms with E-state index in [1.807, 2.05) is 0 Å². The van der Waals surface area contributed by atoms with E-state index in [2.05, 4.69) is 54.9 Å². The van der Waals surface area contributed by atoms with Crippen LogP contribution in [0, 0.1) is 0 Å². The van der Waals surface area contributed by atoms with Crippen LogP contribution < -0.4 is 0 Å². The number of aryl methyl sites for hydroxylation is 1. The van der Waals surface area contributed by atoms with E-state index in [4.69, 9.17) is 9.16 Å². The molecule has 1 aliphatic rings. The van der Waals surface area contributed by atoms with Crippen molar-refractivity contribution in [1.82, 2.24) is 4.90 Å². The second-order valence-electron chi connectivity index (χ2n) is 6.79. The zero-order valence-corrected chi connectivity index (χ0v) is 14.7. The lowest BCUT2D eigenvalue weighted by Gasteiger charge is -2.33. The normalized spacial score (nSPS) is 18.6. The molecule has 1 saturated heterocycles. The summed E-state index contributed by atoms with van der Waals surface area (Å²) in [6.45, 7) is 11.7. The molecule has 0 bridgehead atoms. The molecule has 1 aromatic carbocycles. The predicted molar refractivity (Wildman–Crippen MR) is 90.2 cm³/mol. The Labute approximate surface area is 130 Å². The summed E-state index contributed by atoms with van der Waals surface area (Å²) in [5.74, 6) is 0. The van der Waals surface area contributed by atoms with Gasteiger partial charge in [0.25, 0.3) is 0 Å². The lowest BCUT2D eigenvalue weighted by atomic mass is 10.1. The van der Waals surface area contributed by atoms with Gasteiger partial charge in [-0.1, -0.05) is 30.3 Å². The minimum absolute atomic E-state index is 0.343. The summed E-state index contributed by atoms with van der Waals surface area (Å²) < 4.78 is 11.9. The summed E-state index contributed by atoms with van der Waals surface area (Å²) in [5.41, 5.74) is 1.41. The van der Waals surface area contributed by atoms with Gasteiger partial charge in [-0.25, -0.2) is 0 Å². The molecule has 21 heavy (non-hydrogen) atoms. The molecule has 0 N–H and O–H groups in total. The maximum Gasteiger partial charge on any atom is 0.184 e. The van der Waals surface area contributed by atoms with Gasteiger partial charge in [-0.15, -0.1) is 0 Å². The smallest absolute Gasteiger partial charge is 0.184 e. The van der Waals surface area contributed by atoms with Crippen molar-refractivity contribution < 1.29 is 9.16 Å². The van der Waals surface area contributed by atoms with E-state index >= 15 is 0 Å². The highest BCUT2D eigenvalue weighted by molar-refractivity contribution is 6.69. The molecule has 3 nitrogen and oxygen atoms in total. The van der Waals surface area contributed by atoms with Gasteiger partial charge in [0.05, 0.1) is 19.3 Å². The van der Waals surface area contributed by atoms with E-state index < -0.39 is 8.32 Å². The minimum Gasteiger partial charge on any atom is -0.413 e. The van der Waals surface area contributed by atoms with Crippen molar-refractivity contribution in [2.75, 3.05) is 32.8 Å². The largest absolute Gasteiger partial charge is 0.413 e. The predicted octanol–water partition coefficient (Wildman–Crippen LogP) is 3.17. The molecule has 1 fully saturated rings. The molecule has 1 unspecified atom stereocenters. The fourth-order valence-corrected chi connectivity index (χ4v) is 3.92. The monoisotopic (exact) mass is 307 g/mol. The Bertz CT molecular complexity index is 399. The fourth-order valence-electron chi connectivity index (χ4n) is 2.73. The number of morpholine rings is 1. The van der Waals surface area contributed by atoms with E-state index in [1.165, 1.54) is 5.56 Å². The van der Waals surface area contributed by atoms with Crippen LogP contribution in [0.1, 0.15) is 12.0 Å². The van der Waals surface area contributed by atoms with Crippen molar-refractivity contribution in [3.05, 3.63) is 35.9 Å². The molecular formula is C17H29NO2Si.